The number of urea groups is 1. The molecule has 116 valence electrons. The average molecular weight is 287 g/mol. The molecular weight excluding hydrogens is 262 g/mol. The quantitative estimate of drug-likeness (QED) is 0.527. The van der Waals surface area contributed by atoms with Crippen molar-refractivity contribution >= 4 is 17.9 Å². The summed E-state index contributed by atoms with van der Waals surface area (Å²) in [4.78, 5) is 33.7. The van der Waals surface area contributed by atoms with Crippen molar-refractivity contribution in [1.29, 1.82) is 0 Å². The van der Waals surface area contributed by atoms with Gasteiger partial charge in [0.05, 0.1) is 5.92 Å². The highest BCUT2D eigenvalue weighted by Gasteiger charge is 2.20. The minimum atomic E-state index is -0.967. The first-order valence-electron chi connectivity index (χ1n) is 6.84. The highest BCUT2D eigenvalue weighted by Crippen LogP contribution is 2.01. The summed E-state index contributed by atoms with van der Waals surface area (Å²) >= 11 is 0. The maximum atomic E-state index is 11.5. The van der Waals surface area contributed by atoms with E-state index in [0.29, 0.717) is 0 Å². The Bertz CT molecular complexity index is 347. The number of aliphatic carboxylic acids is 1. The summed E-state index contributed by atoms with van der Waals surface area (Å²) in [5.74, 6) is -1.76. The zero-order valence-corrected chi connectivity index (χ0v) is 12.5. The fourth-order valence-corrected chi connectivity index (χ4v) is 1.34. The molecule has 20 heavy (non-hydrogen) atoms. The number of hydrogen-bond acceptors (Lipinski definition) is 3. The number of carbonyl (C=O) groups is 3. The van der Waals surface area contributed by atoms with Crippen molar-refractivity contribution in [1.82, 2.24) is 16.0 Å². The number of carboxylic acid groups (broad SMARTS) is 1. The van der Waals surface area contributed by atoms with Crippen LogP contribution in [0.5, 0.6) is 0 Å². The molecule has 0 saturated heterocycles. The molecular formula is C13H25N3O4. The third-order valence-electron chi connectivity index (χ3n) is 3.16. The second kappa shape index (κ2) is 9.17. The van der Waals surface area contributed by atoms with Crippen molar-refractivity contribution in [2.45, 2.75) is 52.6 Å². The van der Waals surface area contributed by atoms with Gasteiger partial charge in [0.2, 0.25) is 5.91 Å². The molecule has 0 heterocycles. The molecule has 7 nitrogen and oxygen atoms in total. The Labute approximate surface area is 119 Å². The highest BCUT2D eigenvalue weighted by molar-refractivity contribution is 5.79. The number of carboxylic acids is 1. The van der Waals surface area contributed by atoms with E-state index in [4.69, 9.17) is 5.11 Å². The van der Waals surface area contributed by atoms with E-state index in [2.05, 4.69) is 16.0 Å². The smallest absolute Gasteiger partial charge is 0.315 e. The van der Waals surface area contributed by atoms with Gasteiger partial charge in [-0.15, -0.1) is 0 Å². The molecule has 0 aromatic heterocycles. The van der Waals surface area contributed by atoms with Crippen molar-refractivity contribution < 1.29 is 19.5 Å². The van der Waals surface area contributed by atoms with E-state index in [9.17, 15) is 14.4 Å². The van der Waals surface area contributed by atoms with Crippen molar-refractivity contribution in [3.05, 3.63) is 0 Å². The molecule has 0 aliphatic rings. The number of carbonyl (C=O) groups excluding carboxylic acids is 2. The Hall–Kier alpha value is -1.79. The number of rotatable bonds is 8. The lowest BCUT2D eigenvalue weighted by atomic mass is 10.0. The molecule has 0 aliphatic heterocycles. The van der Waals surface area contributed by atoms with Crippen LogP contribution in [0.3, 0.4) is 0 Å². The third kappa shape index (κ3) is 7.60. The molecule has 0 radical (unpaired) electrons. The van der Waals surface area contributed by atoms with E-state index in [1.54, 1.807) is 6.92 Å². The molecule has 0 aliphatic carbocycles. The molecule has 0 aromatic rings. The third-order valence-corrected chi connectivity index (χ3v) is 3.16. The van der Waals surface area contributed by atoms with Crippen molar-refractivity contribution in [3.63, 3.8) is 0 Å². The van der Waals surface area contributed by atoms with Gasteiger partial charge >= 0.3 is 12.0 Å². The van der Waals surface area contributed by atoms with Gasteiger partial charge in [0.25, 0.3) is 0 Å². The second-order valence-corrected chi connectivity index (χ2v) is 4.94. The number of hydrogen-bond donors (Lipinski definition) is 4. The molecule has 0 rings (SSSR count). The van der Waals surface area contributed by atoms with Crippen molar-refractivity contribution in [2.24, 2.45) is 5.92 Å². The van der Waals surface area contributed by atoms with Crippen molar-refractivity contribution in [3.8, 4) is 0 Å². The predicted molar refractivity (Wildman–Crippen MR) is 75.3 cm³/mol. The van der Waals surface area contributed by atoms with E-state index in [-0.39, 0.29) is 24.9 Å². The summed E-state index contributed by atoms with van der Waals surface area (Å²) in [6.45, 7) is 7.23. The van der Waals surface area contributed by atoms with Crippen LogP contribution < -0.4 is 16.0 Å². The lowest BCUT2D eigenvalue weighted by molar-refractivity contribution is -0.141. The zero-order valence-electron chi connectivity index (χ0n) is 12.5. The summed E-state index contributed by atoms with van der Waals surface area (Å²) in [6.07, 6.45) is 1.05. The maximum absolute atomic E-state index is 11.5. The Morgan fingerprint density at radius 3 is 2.20 bits per heavy atom. The molecule has 3 unspecified atom stereocenters. The first-order valence-corrected chi connectivity index (χ1v) is 6.84. The first-order chi connectivity index (χ1) is 9.27. The van der Waals surface area contributed by atoms with Gasteiger partial charge in [-0.05, 0) is 27.2 Å². The van der Waals surface area contributed by atoms with Gasteiger partial charge in [-0.1, -0.05) is 6.92 Å². The maximum Gasteiger partial charge on any atom is 0.315 e. The Kier molecular flexibility index (Phi) is 8.35. The van der Waals surface area contributed by atoms with Crippen LogP contribution in [-0.4, -0.2) is 41.6 Å². The molecule has 0 bridgehead atoms. The zero-order chi connectivity index (χ0) is 15.7. The van der Waals surface area contributed by atoms with E-state index >= 15 is 0 Å². The minimum absolute atomic E-state index is 0.118. The molecule has 7 heteroatoms. The molecule has 0 fully saturated rings. The van der Waals surface area contributed by atoms with Gasteiger partial charge in [0.1, 0.15) is 0 Å². The lowest BCUT2D eigenvalue weighted by Crippen LogP contribution is -2.46. The molecule has 4 N–H and O–H groups in total. The Balaban J connectivity index is 3.89. The summed E-state index contributed by atoms with van der Waals surface area (Å²) in [7, 11) is 0. The highest BCUT2D eigenvalue weighted by atomic mass is 16.4. The van der Waals surface area contributed by atoms with Gasteiger partial charge in [-0.3, -0.25) is 9.59 Å². The summed E-state index contributed by atoms with van der Waals surface area (Å²) in [5, 5.41) is 16.6. The van der Waals surface area contributed by atoms with Gasteiger partial charge < -0.3 is 21.1 Å². The van der Waals surface area contributed by atoms with E-state index < -0.39 is 24.0 Å². The van der Waals surface area contributed by atoms with Crippen LogP contribution in [0.2, 0.25) is 0 Å². The van der Waals surface area contributed by atoms with Crippen molar-refractivity contribution in [2.75, 3.05) is 6.54 Å². The number of amides is 3. The largest absolute Gasteiger partial charge is 0.481 e. The van der Waals surface area contributed by atoms with Crippen LogP contribution in [0.15, 0.2) is 0 Å². The van der Waals surface area contributed by atoms with E-state index in [1.165, 1.54) is 6.92 Å². The van der Waals surface area contributed by atoms with Gasteiger partial charge in [-0.2, -0.15) is 0 Å². The summed E-state index contributed by atoms with van der Waals surface area (Å²) in [6, 6.07) is -0.837. The minimum Gasteiger partial charge on any atom is -0.481 e. The predicted octanol–water partition coefficient (Wildman–Crippen LogP) is 0.700. The van der Waals surface area contributed by atoms with Crippen LogP contribution in [0, 0.1) is 5.92 Å². The molecule has 0 spiro atoms. The van der Waals surface area contributed by atoms with Crippen LogP contribution in [0.1, 0.15) is 40.5 Å². The SMILES string of the molecule is CCC(C)NC(=O)CCNC(=O)NC(C)C(C)C(=O)O. The monoisotopic (exact) mass is 287 g/mol. The van der Waals surface area contributed by atoms with E-state index in [1.807, 2.05) is 13.8 Å². The number of nitrogens with one attached hydrogen (secondary N) is 3. The van der Waals surface area contributed by atoms with Crippen LogP contribution in [-0.2, 0) is 9.59 Å². The molecule has 3 atom stereocenters. The first kappa shape index (κ1) is 18.2. The normalized spacial score (nSPS) is 14.8. The Morgan fingerprint density at radius 2 is 1.70 bits per heavy atom. The van der Waals surface area contributed by atoms with Gasteiger partial charge in [-0.25, -0.2) is 4.79 Å². The van der Waals surface area contributed by atoms with Gasteiger partial charge in [0, 0.05) is 25.0 Å². The molecule has 0 saturated carbocycles. The second-order valence-electron chi connectivity index (χ2n) is 4.94. The van der Waals surface area contributed by atoms with E-state index in [0.717, 1.165) is 6.42 Å². The topological polar surface area (TPSA) is 108 Å². The fourth-order valence-electron chi connectivity index (χ4n) is 1.34. The van der Waals surface area contributed by atoms with Crippen LogP contribution in [0.25, 0.3) is 0 Å². The lowest BCUT2D eigenvalue weighted by Gasteiger charge is -2.18. The Morgan fingerprint density at radius 1 is 1.10 bits per heavy atom. The fraction of sp³-hybridized carbons (Fsp3) is 0.769. The summed E-state index contributed by atoms with van der Waals surface area (Å²) in [5.41, 5.74) is 0. The standard InChI is InChI=1S/C13H25N3O4/c1-5-8(2)15-11(17)6-7-14-13(20)16-10(4)9(3)12(18)19/h8-10H,5-7H2,1-4H3,(H,15,17)(H,18,19)(H2,14,16,20). The van der Waals surface area contributed by atoms with Crippen LogP contribution >= 0.6 is 0 Å². The average Bonchev–Trinajstić information content (AvgIpc) is 2.37. The summed E-state index contributed by atoms with van der Waals surface area (Å²) < 4.78 is 0. The van der Waals surface area contributed by atoms with Crippen LogP contribution in [0.4, 0.5) is 4.79 Å². The molecule has 3 amide bonds. The molecule has 0 aromatic carbocycles. The van der Waals surface area contributed by atoms with Gasteiger partial charge in [0.15, 0.2) is 0 Å².